The Morgan fingerprint density at radius 1 is 1.55 bits per heavy atom. The number of nitrogens with two attached hydrogens (primary N) is 1. The van der Waals surface area contributed by atoms with Crippen LogP contribution in [0.3, 0.4) is 0 Å². The molecular weight excluding hydrogens is 160 g/mol. The van der Waals surface area contributed by atoms with Gasteiger partial charge in [0.15, 0.2) is 0 Å². The molecule has 0 radical (unpaired) electrons. The summed E-state index contributed by atoms with van der Waals surface area (Å²) in [5.41, 5.74) is 7.33. The van der Waals surface area contributed by atoms with Gasteiger partial charge < -0.3 is 5.73 Å². The van der Waals surface area contributed by atoms with Crippen molar-refractivity contribution in [2.24, 2.45) is 5.73 Å². The van der Waals surface area contributed by atoms with E-state index >= 15 is 0 Å². The molecule has 0 unspecified atom stereocenters. The van der Waals surface area contributed by atoms with E-state index in [1.54, 1.807) is 0 Å². The van der Waals surface area contributed by atoms with Gasteiger partial charge in [-0.3, -0.25) is 0 Å². The number of halogens is 1. The second kappa shape index (κ2) is 3.69. The summed E-state index contributed by atoms with van der Waals surface area (Å²) in [6, 6.07) is 3.88. The Balaban J connectivity index is 2.99. The van der Waals surface area contributed by atoms with Gasteiger partial charge >= 0.3 is 0 Å². The van der Waals surface area contributed by atoms with Crippen LogP contribution < -0.4 is 5.73 Å². The summed E-state index contributed by atoms with van der Waals surface area (Å²) in [6.07, 6.45) is 0.907. The third-order valence-corrected chi connectivity index (χ3v) is 1.89. The van der Waals surface area contributed by atoms with Crippen LogP contribution in [0, 0.1) is 0 Å². The average Bonchev–Trinajstić information content (AvgIpc) is 2.04. The van der Waals surface area contributed by atoms with Crippen molar-refractivity contribution < 1.29 is 0 Å². The number of hydrogen-bond donors (Lipinski definition) is 1. The van der Waals surface area contributed by atoms with Crippen molar-refractivity contribution in [3.05, 3.63) is 28.5 Å². The first kappa shape index (κ1) is 8.50. The molecule has 0 aliphatic heterocycles. The van der Waals surface area contributed by atoms with Gasteiger partial charge in [-0.15, -0.1) is 0 Å². The normalized spacial score (nSPS) is 10.1. The van der Waals surface area contributed by atoms with Crippen molar-refractivity contribution >= 4 is 11.6 Å². The van der Waals surface area contributed by atoms with Gasteiger partial charge in [-0.05, 0) is 12.5 Å². The van der Waals surface area contributed by atoms with Crippen LogP contribution in [0.4, 0.5) is 0 Å². The van der Waals surface area contributed by atoms with Gasteiger partial charge in [-0.25, -0.2) is 4.98 Å². The molecule has 11 heavy (non-hydrogen) atoms. The zero-order valence-electron chi connectivity index (χ0n) is 6.47. The Kier molecular flexibility index (Phi) is 2.85. The van der Waals surface area contributed by atoms with E-state index in [-0.39, 0.29) is 0 Å². The predicted molar refractivity (Wildman–Crippen MR) is 46.5 cm³/mol. The minimum Gasteiger partial charge on any atom is -0.326 e. The maximum Gasteiger partial charge on any atom is 0.133 e. The molecule has 60 valence electrons. The lowest BCUT2D eigenvalue weighted by Crippen LogP contribution is -1.99. The van der Waals surface area contributed by atoms with Crippen molar-refractivity contribution in [3.8, 4) is 0 Å². The molecule has 0 fully saturated rings. The van der Waals surface area contributed by atoms with Crippen LogP contribution in [0.2, 0.25) is 5.15 Å². The predicted octanol–water partition coefficient (Wildman–Crippen LogP) is 1.76. The van der Waals surface area contributed by atoms with Crippen LogP contribution >= 0.6 is 11.6 Å². The second-order valence-electron chi connectivity index (χ2n) is 2.31. The summed E-state index contributed by atoms with van der Waals surface area (Å²) in [6.45, 7) is 2.50. The second-order valence-corrected chi connectivity index (χ2v) is 2.67. The molecule has 3 heteroatoms. The molecule has 0 spiro atoms. The Morgan fingerprint density at radius 3 is 2.73 bits per heavy atom. The van der Waals surface area contributed by atoms with Crippen molar-refractivity contribution in [1.29, 1.82) is 0 Å². The number of aromatic nitrogens is 1. The van der Waals surface area contributed by atoms with Gasteiger partial charge in [-0.1, -0.05) is 24.6 Å². The topological polar surface area (TPSA) is 38.9 Å². The van der Waals surface area contributed by atoms with E-state index in [0.29, 0.717) is 11.7 Å². The first-order chi connectivity index (χ1) is 5.27. The fourth-order valence-corrected chi connectivity index (χ4v) is 1.10. The van der Waals surface area contributed by atoms with Gasteiger partial charge in [-0.2, -0.15) is 0 Å². The van der Waals surface area contributed by atoms with E-state index in [1.165, 1.54) is 0 Å². The molecule has 0 amide bonds. The summed E-state index contributed by atoms with van der Waals surface area (Å²) >= 11 is 5.82. The Labute approximate surface area is 71.4 Å². The highest BCUT2D eigenvalue weighted by Crippen LogP contribution is 2.12. The van der Waals surface area contributed by atoms with E-state index in [9.17, 15) is 0 Å². The van der Waals surface area contributed by atoms with Gasteiger partial charge in [0, 0.05) is 17.8 Å². The number of aryl methyl sites for hydroxylation is 1. The minimum atomic E-state index is 0.454. The quantitative estimate of drug-likeness (QED) is 0.687. The molecule has 0 atom stereocenters. The molecule has 0 saturated carbocycles. The molecule has 0 saturated heterocycles. The summed E-state index contributed by atoms with van der Waals surface area (Å²) < 4.78 is 0. The molecular formula is C8H11ClN2. The van der Waals surface area contributed by atoms with E-state index in [0.717, 1.165) is 17.7 Å². The lowest BCUT2D eigenvalue weighted by atomic mass is 10.2. The summed E-state index contributed by atoms with van der Waals surface area (Å²) in [7, 11) is 0. The minimum absolute atomic E-state index is 0.454. The molecule has 1 rings (SSSR count). The largest absolute Gasteiger partial charge is 0.326 e. The molecule has 1 aromatic rings. The molecule has 1 heterocycles. The highest BCUT2D eigenvalue weighted by molar-refractivity contribution is 6.30. The fraction of sp³-hybridized carbons (Fsp3) is 0.375. The Hall–Kier alpha value is -0.600. The highest BCUT2D eigenvalue weighted by atomic mass is 35.5. The standard InChI is InChI=1S/C8H11ClN2/c1-2-7-4-3-6(5-10)8(9)11-7/h3-4H,2,5,10H2,1H3. The van der Waals surface area contributed by atoms with Crippen LogP contribution in [0.15, 0.2) is 12.1 Å². The first-order valence-electron chi connectivity index (χ1n) is 3.62. The zero-order valence-corrected chi connectivity index (χ0v) is 7.23. The van der Waals surface area contributed by atoms with E-state index in [4.69, 9.17) is 17.3 Å². The fourth-order valence-electron chi connectivity index (χ4n) is 0.850. The lowest BCUT2D eigenvalue weighted by molar-refractivity contribution is 0.989. The molecule has 2 nitrogen and oxygen atoms in total. The Morgan fingerprint density at radius 2 is 2.27 bits per heavy atom. The number of pyridine rings is 1. The molecule has 0 bridgehead atoms. The molecule has 1 aromatic heterocycles. The van der Waals surface area contributed by atoms with Crippen LogP contribution in [-0.2, 0) is 13.0 Å². The van der Waals surface area contributed by atoms with Gasteiger partial charge in [0.2, 0.25) is 0 Å². The maximum absolute atomic E-state index is 5.82. The maximum atomic E-state index is 5.82. The summed E-state index contributed by atoms with van der Waals surface area (Å²) in [5, 5.41) is 0.534. The first-order valence-corrected chi connectivity index (χ1v) is 4.00. The van der Waals surface area contributed by atoms with Crippen LogP contribution in [0.5, 0.6) is 0 Å². The SMILES string of the molecule is CCc1ccc(CN)c(Cl)n1. The third-order valence-electron chi connectivity index (χ3n) is 1.57. The van der Waals surface area contributed by atoms with E-state index < -0.39 is 0 Å². The van der Waals surface area contributed by atoms with Crippen molar-refractivity contribution in [2.45, 2.75) is 19.9 Å². The summed E-state index contributed by atoms with van der Waals surface area (Å²) in [4.78, 5) is 4.15. The van der Waals surface area contributed by atoms with Crippen molar-refractivity contribution in [1.82, 2.24) is 4.98 Å². The molecule has 0 aliphatic carbocycles. The average molecular weight is 171 g/mol. The number of nitrogens with zero attached hydrogens (tertiary/aromatic N) is 1. The van der Waals surface area contributed by atoms with Gasteiger partial charge in [0.25, 0.3) is 0 Å². The number of hydrogen-bond acceptors (Lipinski definition) is 2. The summed E-state index contributed by atoms with van der Waals surface area (Å²) in [5.74, 6) is 0. The van der Waals surface area contributed by atoms with E-state index in [2.05, 4.69) is 4.98 Å². The smallest absolute Gasteiger partial charge is 0.133 e. The zero-order chi connectivity index (χ0) is 8.27. The molecule has 0 aromatic carbocycles. The third kappa shape index (κ3) is 1.91. The van der Waals surface area contributed by atoms with E-state index in [1.807, 2.05) is 19.1 Å². The Bertz CT molecular complexity index is 248. The van der Waals surface area contributed by atoms with Gasteiger partial charge in [0.1, 0.15) is 5.15 Å². The van der Waals surface area contributed by atoms with Crippen LogP contribution in [0.1, 0.15) is 18.2 Å². The van der Waals surface area contributed by atoms with Crippen molar-refractivity contribution in [3.63, 3.8) is 0 Å². The van der Waals surface area contributed by atoms with Gasteiger partial charge in [0.05, 0.1) is 0 Å². The van der Waals surface area contributed by atoms with Crippen LogP contribution in [-0.4, -0.2) is 4.98 Å². The van der Waals surface area contributed by atoms with Crippen molar-refractivity contribution in [2.75, 3.05) is 0 Å². The highest BCUT2D eigenvalue weighted by Gasteiger charge is 1.99. The molecule has 2 N–H and O–H groups in total. The molecule has 0 aliphatic rings. The lowest BCUT2D eigenvalue weighted by Gasteiger charge is -2.01. The van der Waals surface area contributed by atoms with Crippen LogP contribution in [0.25, 0.3) is 0 Å². The number of rotatable bonds is 2. The monoisotopic (exact) mass is 170 g/mol.